The van der Waals surface area contributed by atoms with E-state index in [1.807, 2.05) is 54.6 Å². The summed E-state index contributed by atoms with van der Waals surface area (Å²) < 4.78 is 0. The Morgan fingerprint density at radius 1 is 1.08 bits per heavy atom. The first-order valence-electron chi connectivity index (χ1n) is 8.24. The van der Waals surface area contributed by atoms with Gasteiger partial charge in [-0.3, -0.25) is 9.59 Å². The van der Waals surface area contributed by atoms with Crippen LogP contribution in [0.2, 0.25) is 0 Å². The molecule has 3 rings (SSSR count). The fraction of sp³-hybridized carbons (Fsp3) is 0.200. The smallest absolute Gasteiger partial charge is 0.252 e. The van der Waals surface area contributed by atoms with Crippen LogP contribution in [-0.2, 0) is 11.2 Å². The van der Waals surface area contributed by atoms with E-state index in [0.717, 1.165) is 16.5 Å². The summed E-state index contributed by atoms with van der Waals surface area (Å²) in [5, 5.41) is 13.7. The van der Waals surface area contributed by atoms with Crippen molar-refractivity contribution in [3.8, 4) is 0 Å². The van der Waals surface area contributed by atoms with E-state index in [0.29, 0.717) is 18.5 Å². The summed E-state index contributed by atoms with van der Waals surface area (Å²) in [5.74, 6) is -0.235. The summed E-state index contributed by atoms with van der Waals surface area (Å²) in [6.07, 6.45) is -0.184. The molecule has 3 aromatic rings. The van der Waals surface area contributed by atoms with Crippen LogP contribution in [-0.4, -0.2) is 22.5 Å². The van der Waals surface area contributed by atoms with E-state index >= 15 is 0 Å². The molecule has 25 heavy (non-hydrogen) atoms. The van der Waals surface area contributed by atoms with Gasteiger partial charge in [-0.2, -0.15) is 0 Å². The molecule has 0 saturated carbocycles. The number of amides is 1. The zero-order valence-electron chi connectivity index (χ0n) is 13.7. The van der Waals surface area contributed by atoms with Crippen molar-refractivity contribution in [2.75, 3.05) is 6.54 Å². The summed E-state index contributed by atoms with van der Waals surface area (Å²) in [7, 11) is 0. The van der Waals surface area contributed by atoms with E-state index in [9.17, 15) is 14.7 Å². The second kappa shape index (κ2) is 7.77. The zero-order chi connectivity index (χ0) is 17.6. The first-order chi connectivity index (χ1) is 12.1. The molecule has 5 nitrogen and oxygen atoms in total. The second-order valence-corrected chi connectivity index (χ2v) is 5.95. The predicted octanol–water partition coefficient (Wildman–Crippen LogP) is 2.31. The zero-order valence-corrected chi connectivity index (χ0v) is 13.7. The van der Waals surface area contributed by atoms with Crippen molar-refractivity contribution in [3.63, 3.8) is 0 Å². The van der Waals surface area contributed by atoms with Crippen molar-refractivity contribution in [1.29, 1.82) is 0 Å². The highest BCUT2D eigenvalue weighted by Crippen LogP contribution is 2.15. The minimum Gasteiger partial charge on any atom is -0.388 e. The Labute approximate surface area is 145 Å². The van der Waals surface area contributed by atoms with Crippen molar-refractivity contribution in [3.05, 3.63) is 82.1 Å². The monoisotopic (exact) mass is 336 g/mol. The number of H-pyrrole nitrogens is 1. The number of hydrogen-bond donors (Lipinski definition) is 3. The first-order valence-corrected chi connectivity index (χ1v) is 8.24. The van der Waals surface area contributed by atoms with Crippen molar-refractivity contribution in [2.45, 2.75) is 18.9 Å². The Hall–Kier alpha value is -2.92. The van der Waals surface area contributed by atoms with E-state index < -0.39 is 6.10 Å². The molecule has 0 radical (unpaired) electrons. The average molecular weight is 336 g/mol. The first kappa shape index (κ1) is 16.9. The van der Waals surface area contributed by atoms with Crippen molar-refractivity contribution >= 4 is 16.8 Å². The van der Waals surface area contributed by atoms with Crippen molar-refractivity contribution in [2.24, 2.45) is 0 Å². The summed E-state index contributed by atoms with van der Waals surface area (Å²) in [6.45, 7) is 0.348. The number of rotatable bonds is 6. The molecule has 5 heteroatoms. The maximum atomic E-state index is 12.1. The topological polar surface area (TPSA) is 82.2 Å². The highest BCUT2D eigenvalue weighted by Gasteiger charge is 2.10. The SMILES string of the molecule is O=C(Cc1cc2ccccc2[nH]c1=O)NCCC(O)c1ccccc1. The van der Waals surface area contributed by atoms with Crippen molar-refractivity contribution in [1.82, 2.24) is 10.3 Å². The number of pyridine rings is 1. The highest BCUT2D eigenvalue weighted by molar-refractivity contribution is 5.82. The van der Waals surface area contributed by atoms with E-state index in [1.54, 1.807) is 6.07 Å². The third-order valence-corrected chi connectivity index (χ3v) is 4.11. The van der Waals surface area contributed by atoms with Gasteiger partial charge in [0.1, 0.15) is 0 Å². The minimum atomic E-state index is -0.620. The summed E-state index contributed by atoms with van der Waals surface area (Å²) >= 11 is 0. The molecule has 0 bridgehead atoms. The van der Waals surface area contributed by atoms with Gasteiger partial charge in [0.2, 0.25) is 5.91 Å². The van der Waals surface area contributed by atoms with Crippen LogP contribution in [0.5, 0.6) is 0 Å². The summed E-state index contributed by atoms with van der Waals surface area (Å²) in [5.41, 5.74) is 1.75. The molecule has 1 heterocycles. The quantitative estimate of drug-likeness (QED) is 0.646. The molecule has 1 amide bonds. The van der Waals surface area contributed by atoms with Crippen molar-refractivity contribution < 1.29 is 9.90 Å². The number of fused-ring (bicyclic) bond motifs is 1. The van der Waals surface area contributed by atoms with Gasteiger partial charge in [-0.05, 0) is 29.5 Å². The lowest BCUT2D eigenvalue weighted by Gasteiger charge is -2.11. The number of aliphatic hydroxyl groups is 1. The Balaban J connectivity index is 1.56. The van der Waals surface area contributed by atoms with Crippen LogP contribution < -0.4 is 10.9 Å². The summed E-state index contributed by atoms with van der Waals surface area (Å²) in [4.78, 5) is 26.9. The standard InChI is InChI=1S/C20H20N2O3/c23-18(14-6-2-1-3-7-14)10-11-21-19(24)13-16-12-15-8-4-5-9-17(15)22-20(16)25/h1-9,12,18,23H,10-11,13H2,(H,21,24)(H,22,25). The lowest BCUT2D eigenvalue weighted by Crippen LogP contribution is -2.29. The van der Waals surface area contributed by atoms with Gasteiger partial charge in [0.15, 0.2) is 0 Å². The number of carbonyl (C=O) groups excluding carboxylic acids is 1. The number of aromatic nitrogens is 1. The fourth-order valence-corrected chi connectivity index (χ4v) is 2.75. The average Bonchev–Trinajstić information content (AvgIpc) is 2.63. The molecule has 0 fully saturated rings. The number of hydrogen-bond acceptors (Lipinski definition) is 3. The van der Waals surface area contributed by atoms with Crippen LogP contribution in [0, 0.1) is 0 Å². The molecular formula is C20H20N2O3. The van der Waals surface area contributed by atoms with Crippen LogP contribution in [0.1, 0.15) is 23.7 Å². The van der Waals surface area contributed by atoms with Gasteiger partial charge in [0.05, 0.1) is 12.5 Å². The fourth-order valence-electron chi connectivity index (χ4n) is 2.75. The third kappa shape index (κ3) is 4.33. The van der Waals surface area contributed by atoms with Crippen LogP contribution in [0.3, 0.4) is 0 Å². The van der Waals surface area contributed by atoms with Gasteiger partial charge in [-0.25, -0.2) is 0 Å². The highest BCUT2D eigenvalue weighted by atomic mass is 16.3. The number of nitrogens with one attached hydrogen (secondary N) is 2. The van der Waals surface area contributed by atoms with Gasteiger partial charge < -0.3 is 15.4 Å². The molecule has 1 unspecified atom stereocenters. The van der Waals surface area contributed by atoms with Crippen LogP contribution in [0.25, 0.3) is 10.9 Å². The molecule has 1 atom stereocenters. The Morgan fingerprint density at radius 3 is 2.60 bits per heavy atom. The number of aromatic amines is 1. The van der Waals surface area contributed by atoms with E-state index in [1.165, 1.54) is 0 Å². The molecule has 1 aromatic heterocycles. The number of aliphatic hydroxyl groups excluding tert-OH is 1. The summed E-state index contributed by atoms with van der Waals surface area (Å²) in [6, 6.07) is 18.5. The number of para-hydroxylation sites is 1. The lowest BCUT2D eigenvalue weighted by atomic mass is 10.1. The van der Waals surface area contributed by atoms with Crippen LogP contribution >= 0.6 is 0 Å². The normalized spacial score (nSPS) is 12.0. The largest absolute Gasteiger partial charge is 0.388 e. The van der Waals surface area contributed by atoms with E-state index in [2.05, 4.69) is 10.3 Å². The van der Waals surface area contributed by atoms with E-state index in [-0.39, 0.29) is 17.9 Å². The Kier molecular flexibility index (Phi) is 5.26. The van der Waals surface area contributed by atoms with Gasteiger partial charge in [-0.1, -0.05) is 48.5 Å². The van der Waals surface area contributed by atoms with Crippen LogP contribution in [0.4, 0.5) is 0 Å². The van der Waals surface area contributed by atoms with Gasteiger partial charge in [-0.15, -0.1) is 0 Å². The molecule has 0 aliphatic rings. The predicted molar refractivity (Wildman–Crippen MR) is 97.3 cm³/mol. The minimum absolute atomic E-state index is 0.0155. The number of carbonyl (C=O) groups is 1. The Morgan fingerprint density at radius 2 is 1.80 bits per heavy atom. The van der Waals surface area contributed by atoms with Gasteiger partial charge >= 0.3 is 0 Å². The lowest BCUT2D eigenvalue weighted by molar-refractivity contribution is -0.120. The molecule has 128 valence electrons. The number of benzene rings is 2. The maximum absolute atomic E-state index is 12.1. The maximum Gasteiger partial charge on any atom is 0.252 e. The second-order valence-electron chi connectivity index (χ2n) is 5.95. The molecule has 0 spiro atoms. The molecule has 0 aliphatic carbocycles. The molecule has 2 aromatic carbocycles. The Bertz CT molecular complexity index is 919. The van der Waals surface area contributed by atoms with Gasteiger partial charge in [0.25, 0.3) is 5.56 Å². The molecule has 0 aliphatic heterocycles. The molecule has 3 N–H and O–H groups in total. The van der Waals surface area contributed by atoms with Gasteiger partial charge in [0, 0.05) is 17.6 Å². The van der Waals surface area contributed by atoms with Crippen LogP contribution in [0.15, 0.2) is 65.5 Å². The van der Waals surface area contributed by atoms with E-state index in [4.69, 9.17) is 0 Å². The molecular weight excluding hydrogens is 316 g/mol. The third-order valence-electron chi connectivity index (χ3n) is 4.11. The molecule has 0 saturated heterocycles.